The van der Waals surface area contributed by atoms with Gasteiger partial charge < -0.3 is 30.1 Å². The smallest absolute Gasteiger partial charge is 0.325 e. The van der Waals surface area contributed by atoms with Crippen molar-refractivity contribution in [1.29, 1.82) is 0 Å². The van der Waals surface area contributed by atoms with E-state index in [1.54, 1.807) is 4.57 Å². The normalized spacial score (nSPS) is 41.1. The number of imidazole rings is 1. The van der Waals surface area contributed by atoms with E-state index in [2.05, 4.69) is 34.1 Å². The Morgan fingerprint density at radius 2 is 1.84 bits per heavy atom. The number of hydrogen-bond acceptors (Lipinski definition) is 8. The van der Waals surface area contributed by atoms with Gasteiger partial charge in [-0.3, -0.25) is 9.13 Å². The molecule has 5 fully saturated rings. The third-order valence-corrected chi connectivity index (χ3v) is 10.0. The third kappa shape index (κ3) is 4.71. The molecule has 1 aliphatic heterocycles. The maximum Gasteiger partial charge on any atom is 0.325 e. The number of fused-ring (bicyclic) bond motifs is 1. The van der Waals surface area contributed by atoms with Crippen molar-refractivity contribution in [3.8, 4) is 0 Å². The largest absolute Gasteiger partial charge is 0.388 e. The summed E-state index contributed by atoms with van der Waals surface area (Å²) in [7, 11) is -4.15. The lowest BCUT2D eigenvalue weighted by molar-refractivity contribution is -0.0973. The van der Waals surface area contributed by atoms with E-state index in [-0.39, 0.29) is 29.8 Å². The van der Waals surface area contributed by atoms with Gasteiger partial charge >= 0.3 is 7.60 Å². The number of hydrogen-bond donors (Lipinski definition) is 5. The number of halogens is 1. The molecule has 13 heteroatoms. The average Bonchev–Trinajstić information content (AvgIpc) is 3.26. The van der Waals surface area contributed by atoms with Crippen molar-refractivity contribution in [2.24, 2.45) is 16.7 Å². The quantitative estimate of drug-likeness (QED) is 0.253. The van der Waals surface area contributed by atoms with Crippen LogP contribution in [0.1, 0.15) is 71.4 Å². The topological polar surface area (TPSA) is 163 Å². The molecule has 2 aromatic rings. The fourth-order valence-corrected chi connectivity index (χ4v) is 9.46. The molecular weight excluding hydrogens is 521 g/mol. The number of anilines is 1. The average molecular weight is 556 g/mol. The fraction of sp³-hybridized carbons (Fsp3) is 0.792. The van der Waals surface area contributed by atoms with Gasteiger partial charge in [-0.25, -0.2) is 4.98 Å². The van der Waals surface area contributed by atoms with Crippen LogP contribution in [0.15, 0.2) is 6.33 Å². The van der Waals surface area contributed by atoms with Gasteiger partial charge in [-0.2, -0.15) is 9.97 Å². The molecule has 1 saturated heterocycles. The highest BCUT2D eigenvalue weighted by Gasteiger charge is 2.60. The lowest BCUT2D eigenvalue weighted by atomic mass is 9.43. The maximum atomic E-state index is 11.2. The molecule has 0 aromatic carbocycles. The molecule has 37 heavy (non-hydrogen) atoms. The van der Waals surface area contributed by atoms with E-state index >= 15 is 0 Å². The number of aliphatic hydroxyl groups is 2. The molecule has 4 saturated carbocycles. The van der Waals surface area contributed by atoms with E-state index < -0.39 is 32.1 Å². The molecule has 4 aliphatic carbocycles. The molecule has 3 heterocycles. The lowest BCUT2D eigenvalue weighted by Gasteiger charge is -2.65. The third-order valence-electron chi connectivity index (χ3n) is 8.95. The Hall–Kier alpha value is -1.33. The van der Waals surface area contributed by atoms with Gasteiger partial charge in [0.2, 0.25) is 5.28 Å². The highest BCUT2D eigenvalue weighted by molar-refractivity contribution is 7.51. The minimum Gasteiger partial charge on any atom is -0.388 e. The standard InChI is InChI=1S/C24H35ClN5O6P/c1-22-6-13-7-23(2,9-22)11-24(8-13,10-22)29-18-15-19(28-21(25)27-18)30(12-26-15)20-17(32)16(31)14(36-20)4-3-5-37(33,34)35/h12-14,16-17,20,31-32H,3-11H2,1-2H3,(H,27,28,29)(H2,33,34,35)/t13?,14-,16?,17+,20-,22-,23+,24?/m1/s1. The Morgan fingerprint density at radius 1 is 1.14 bits per heavy atom. The molecular formula is C24H35ClN5O6P. The van der Waals surface area contributed by atoms with Crippen molar-refractivity contribution < 1.29 is 29.3 Å². The van der Waals surface area contributed by atoms with Crippen LogP contribution in [0.4, 0.5) is 5.82 Å². The number of rotatable bonds is 7. The summed E-state index contributed by atoms with van der Waals surface area (Å²) in [6, 6.07) is 0. The molecule has 7 rings (SSSR count). The lowest BCUT2D eigenvalue weighted by Crippen LogP contribution is -2.61. The summed E-state index contributed by atoms with van der Waals surface area (Å²) < 4.78 is 18.7. The van der Waals surface area contributed by atoms with Crippen LogP contribution in [0.2, 0.25) is 5.28 Å². The molecule has 2 aromatic heterocycles. The summed E-state index contributed by atoms with van der Waals surface area (Å²) in [5.41, 5.74) is 1.44. The van der Waals surface area contributed by atoms with Crippen molar-refractivity contribution >= 4 is 36.2 Å². The van der Waals surface area contributed by atoms with Gasteiger partial charge in [0.15, 0.2) is 23.2 Å². The van der Waals surface area contributed by atoms with Crippen molar-refractivity contribution in [1.82, 2.24) is 19.5 Å². The first-order valence-electron chi connectivity index (χ1n) is 13.0. The first-order valence-corrected chi connectivity index (χ1v) is 15.2. The van der Waals surface area contributed by atoms with Crippen LogP contribution in [-0.2, 0) is 9.30 Å². The molecule has 4 bridgehead atoms. The summed E-state index contributed by atoms with van der Waals surface area (Å²) in [4.78, 5) is 31.7. The van der Waals surface area contributed by atoms with Gasteiger partial charge in [0.1, 0.15) is 12.2 Å². The minimum atomic E-state index is -4.15. The highest BCUT2D eigenvalue weighted by atomic mass is 35.5. The highest BCUT2D eigenvalue weighted by Crippen LogP contribution is 2.67. The summed E-state index contributed by atoms with van der Waals surface area (Å²) in [6.07, 6.45) is 4.31. The molecule has 8 atom stereocenters. The van der Waals surface area contributed by atoms with Gasteiger partial charge in [-0.15, -0.1) is 0 Å². The summed E-state index contributed by atoms with van der Waals surface area (Å²) in [5, 5.41) is 25.1. The van der Waals surface area contributed by atoms with Crippen molar-refractivity contribution in [2.75, 3.05) is 11.5 Å². The zero-order valence-corrected chi connectivity index (χ0v) is 22.7. The van der Waals surface area contributed by atoms with Crippen LogP contribution in [0.5, 0.6) is 0 Å². The van der Waals surface area contributed by atoms with Crippen molar-refractivity contribution in [2.45, 2.75) is 95.3 Å². The van der Waals surface area contributed by atoms with Crippen LogP contribution in [-0.4, -0.2) is 69.5 Å². The predicted octanol–water partition coefficient (Wildman–Crippen LogP) is 3.22. The van der Waals surface area contributed by atoms with Gasteiger partial charge in [-0.05, 0) is 79.7 Å². The summed E-state index contributed by atoms with van der Waals surface area (Å²) in [5.74, 6) is 1.25. The van der Waals surface area contributed by atoms with E-state index in [9.17, 15) is 14.8 Å². The number of aromatic nitrogens is 4. The SMILES string of the molecule is C[C@]12CC3CC(Nc4nc(Cl)nc5c4ncn5[C@@H]4O[C@H](CCCP(=O)(O)O)C(O)[C@@H]4O)(C1)C[C@@](C)(C3)C2. The van der Waals surface area contributed by atoms with E-state index in [1.807, 2.05) is 0 Å². The van der Waals surface area contributed by atoms with Crippen LogP contribution in [0, 0.1) is 16.7 Å². The van der Waals surface area contributed by atoms with Crippen molar-refractivity contribution in [3.05, 3.63) is 11.6 Å². The molecule has 5 aliphatic rings. The summed E-state index contributed by atoms with van der Waals surface area (Å²) in [6.45, 7) is 4.81. The maximum absolute atomic E-state index is 11.2. The zero-order valence-electron chi connectivity index (χ0n) is 21.0. The van der Waals surface area contributed by atoms with Crippen LogP contribution >= 0.6 is 19.2 Å². The Kier molecular flexibility index (Phi) is 6.01. The number of nitrogens with zero attached hydrogens (tertiary/aromatic N) is 4. The summed E-state index contributed by atoms with van der Waals surface area (Å²) >= 11 is 6.38. The first-order chi connectivity index (χ1) is 17.3. The Morgan fingerprint density at radius 3 is 2.49 bits per heavy atom. The molecule has 5 N–H and O–H groups in total. The molecule has 11 nitrogen and oxygen atoms in total. The van der Waals surface area contributed by atoms with Crippen LogP contribution in [0.3, 0.4) is 0 Å². The first kappa shape index (κ1) is 25.9. The second-order valence-corrected chi connectivity index (χ2v) is 14.9. The molecule has 0 spiro atoms. The van der Waals surface area contributed by atoms with Gasteiger partial charge in [0.25, 0.3) is 0 Å². The van der Waals surface area contributed by atoms with Gasteiger partial charge in [0, 0.05) is 11.7 Å². The molecule has 3 unspecified atom stereocenters. The Bertz CT molecular complexity index is 1250. The number of nitrogens with one attached hydrogen (secondary N) is 1. The minimum absolute atomic E-state index is 0.0464. The fourth-order valence-electron chi connectivity index (χ4n) is 8.70. The van der Waals surface area contributed by atoms with Gasteiger partial charge in [0.05, 0.1) is 12.4 Å². The van der Waals surface area contributed by atoms with Crippen molar-refractivity contribution in [3.63, 3.8) is 0 Å². The second-order valence-electron chi connectivity index (χ2n) is 12.8. The van der Waals surface area contributed by atoms with E-state index in [0.717, 1.165) is 19.3 Å². The zero-order chi connectivity index (χ0) is 26.4. The van der Waals surface area contributed by atoms with Crippen LogP contribution in [0.25, 0.3) is 11.2 Å². The Labute approximate surface area is 220 Å². The molecule has 204 valence electrons. The molecule has 0 amide bonds. The Balaban J connectivity index is 1.27. The van der Waals surface area contributed by atoms with Crippen LogP contribution < -0.4 is 5.32 Å². The number of aliphatic hydroxyl groups excluding tert-OH is 2. The van der Waals surface area contributed by atoms with E-state index in [1.165, 1.54) is 25.6 Å². The second kappa shape index (κ2) is 8.58. The molecule has 0 radical (unpaired) electrons. The van der Waals surface area contributed by atoms with Gasteiger partial charge in [-0.1, -0.05) is 13.8 Å². The van der Waals surface area contributed by atoms with E-state index in [4.69, 9.17) is 26.1 Å². The van der Waals surface area contributed by atoms with E-state index in [0.29, 0.717) is 33.7 Å². The number of ether oxygens (including phenoxy) is 1. The predicted molar refractivity (Wildman–Crippen MR) is 136 cm³/mol. The monoisotopic (exact) mass is 555 g/mol.